The van der Waals surface area contributed by atoms with Gasteiger partial charge in [0.25, 0.3) is 0 Å². The van der Waals surface area contributed by atoms with Crippen molar-refractivity contribution in [2.75, 3.05) is 40.1 Å². The van der Waals surface area contributed by atoms with Crippen molar-refractivity contribution in [2.24, 2.45) is 5.41 Å². The Balaban J connectivity index is 4.51. The summed E-state index contributed by atoms with van der Waals surface area (Å²) < 4.78 is 23.6. The highest BCUT2D eigenvalue weighted by molar-refractivity contribution is 5.61. The third-order valence-corrected chi connectivity index (χ3v) is 2.28. The Bertz CT molecular complexity index is 354. The molecule has 0 saturated heterocycles. The van der Waals surface area contributed by atoms with E-state index in [1.807, 2.05) is 0 Å². The number of rotatable bonds is 10. The zero-order chi connectivity index (χ0) is 16.1. The molecular weight excluding hydrogens is 284 g/mol. The van der Waals surface area contributed by atoms with Crippen LogP contribution in [0.25, 0.3) is 0 Å². The molecular formula is C13H20O8. The highest BCUT2D eigenvalue weighted by Crippen LogP contribution is 2.19. The summed E-state index contributed by atoms with van der Waals surface area (Å²) in [5.41, 5.74) is -1.12. The molecule has 0 aliphatic rings. The van der Waals surface area contributed by atoms with Crippen LogP contribution in [0, 0.1) is 5.41 Å². The van der Waals surface area contributed by atoms with E-state index in [9.17, 15) is 14.7 Å². The van der Waals surface area contributed by atoms with Gasteiger partial charge < -0.3 is 28.8 Å². The Morgan fingerprint density at radius 1 is 1.10 bits per heavy atom. The topological polar surface area (TPSA) is 101 Å². The number of carbonyl (C=O) groups is 2. The van der Waals surface area contributed by atoms with E-state index in [0.717, 1.165) is 6.26 Å². The van der Waals surface area contributed by atoms with E-state index in [0.29, 0.717) is 0 Å². The molecule has 0 fully saturated rings. The van der Waals surface area contributed by atoms with Crippen LogP contribution < -0.4 is 0 Å². The maximum atomic E-state index is 11.2. The van der Waals surface area contributed by atoms with E-state index >= 15 is 0 Å². The Morgan fingerprint density at radius 3 is 2.19 bits per heavy atom. The number of methoxy groups -OCH3 is 1. The van der Waals surface area contributed by atoms with E-state index in [4.69, 9.17) is 14.2 Å². The van der Waals surface area contributed by atoms with Gasteiger partial charge in [0.15, 0.2) is 0 Å². The van der Waals surface area contributed by atoms with Gasteiger partial charge >= 0.3 is 12.3 Å². The van der Waals surface area contributed by atoms with Gasteiger partial charge in [-0.2, -0.15) is 0 Å². The number of hydrogen-bond donors (Lipinski definition) is 1. The molecule has 0 bridgehead atoms. The Hall–Kier alpha value is -2.06. The van der Waals surface area contributed by atoms with Crippen LogP contribution in [0.15, 0.2) is 25.5 Å². The Labute approximate surface area is 122 Å². The standard InChI is InChI=1S/C13H20O8/c1-4-6-19-12(16)21-10-13(7-14,8-17-3)9-20-11(15)18-5-2/h4-5,14H,1-2,6-10H2,3H3. The fourth-order valence-electron chi connectivity index (χ4n) is 1.26. The first-order chi connectivity index (χ1) is 10.0. The molecule has 0 aliphatic heterocycles. The number of carbonyl (C=O) groups excluding carboxylic acids is 2. The molecule has 0 aromatic rings. The summed E-state index contributed by atoms with van der Waals surface area (Å²) in [6.07, 6.45) is 0.359. The second-order valence-corrected chi connectivity index (χ2v) is 4.05. The van der Waals surface area contributed by atoms with Crippen LogP contribution >= 0.6 is 0 Å². The van der Waals surface area contributed by atoms with Gasteiger partial charge in [0.1, 0.15) is 19.8 Å². The Kier molecular flexibility index (Phi) is 9.65. The fraction of sp³-hybridized carbons (Fsp3) is 0.538. The summed E-state index contributed by atoms with van der Waals surface area (Å²) in [4.78, 5) is 22.4. The Morgan fingerprint density at radius 2 is 1.71 bits per heavy atom. The maximum absolute atomic E-state index is 11.2. The van der Waals surface area contributed by atoms with Gasteiger partial charge in [-0.25, -0.2) is 9.59 Å². The van der Waals surface area contributed by atoms with E-state index in [1.54, 1.807) is 0 Å². The lowest BCUT2D eigenvalue weighted by molar-refractivity contribution is -0.0686. The molecule has 8 nitrogen and oxygen atoms in total. The van der Waals surface area contributed by atoms with Gasteiger partial charge in [-0.05, 0) is 0 Å². The first-order valence-corrected chi connectivity index (χ1v) is 5.98. The zero-order valence-corrected chi connectivity index (χ0v) is 11.9. The lowest BCUT2D eigenvalue weighted by Gasteiger charge is -2.29. The molecule has 120 valence electrons. The average molecular weight is 304 g/mol. The van der Waals surface area contributed by atoms with Crippen LogP contribution in [0.1, 0.15) is 0 Å². The van der Waals surface area contributed by atoms with Gasteiger partial charge in [-0.3, -0.25) is 0 Å². The van der Waals surface area contributed by atoms with Crippen LogP contribution in [-0.4, -0.2) is 57.6 Å². The number of aliphatic hydroxyl groups excluding tert-OH is 1. The first-order valence-electron chi connectivity index (χ1n) is 5.98. The third-order valence-electron chi connectivity index (χ3n) is 2.28. The molecule has 1 unspecified atom stereocenters. The van der Waals surface area contributed by atoms with Crippen molar-refractivity contribution >= 4 is 12.3 Å². The maximum Gasteiger partial charge on any atom is 0.513 e. The summed E-state index contributed by atoms with van der Waals surface area (Å²) in [5.74, 6) is 0. The van der Waals surface area contributed by atoms with E-state index in [1.165, 1.54) is 13.2 Å². The SMILES string of the molecule is C=CCOC(=O)OCC(CO)(COC)COC(=O)OC=C. The summed E-state index contributed by atoms with van der Waals surface area (Å²) in [6, 6.07) is 0. The molecule has 0 amide bonds. The van der Waals surface area contributed by atoms with Gasteiger partial charge in [0.05, 0.1) is 24.9 Å². The second-order valence-electron chi connectivity index (χ2n) is 4.05. The molecule has 0 heterocycles. The smallest absolute Gasteiger partial charge is 0.433 e. The number of aliphatic hydroxyl groups is 1. The van der Waals surface area contributed by atoms with Crippen molar-refractivity contribution in [3.63, 3.8) is 0 Å². The summed E-state index contributed by atoms with van der Waals surface area (Å²) in [7, 11) is 1.39. The molecule has 0 rings (SSSR count). The number of ether oxygens (including phenoxy) is 5. The highest BCUT2D eigenvalue weighted by atomic mass is 16.7. The molecule has 0 radical (unpaired) electrons. The van der Waals surface area contributed by atoms with Crippen molar-refractivity contribution in [1.29, 1.82) is 0 Å². The first kappa shape index (κ1) is 18.9. The predicted octanol–water partition coefficient (Wildman–Crippen LogP) is 1.25. The molecule has 1 atom stereocenters. The van der Waals surface area contributed by atoms with Gasteiger partial charge in [0, 0.05) is 7.11 Å². The summed E-state index contributed by atoms with van der Waals surface area (Å²) >= 11 is 0. The van der Waals surface area contributed by atoms with Crippen molar-refractivity contribution in [2.45, 2.75) is 0 Å². The monoisotopic (exact) mass is 304 g/mol. The highest BCUT2D eigenvalue weighted by Gasteiger charge is 2.34. The molecule has 0 saturated carbocycles. The fourth-order valence-corrected chi connectivity index (χ4v) is 1.26. The molecule has 0 aromatic heterocycles. The van der Waals surface area contributed by atoms with Gasteiger partial charge in [-0.15, -0.1) is 0 Å². The van der Waals surface area contributed by atoms with Gasteiger partial charge in [0.2, 0.25) is 0 Å². The van der Waals surface area contributed by atoms with Crippen LogP contribution in [0.3, 0.4) is 0 Å². The summed E-state index contributed by atoms with van der Waals surface area (Å²) in [5, 5.41) is 9.46. The van der Waals surface area contributed by atoms with Gasteiger partial charge in [-0.1, -0.05) is 19.2 Å². The van der Waals surface area contributed by atoms with Crippen LogP contribution in [0.2, 0.25) is 0 Å². The molecule has 1 N–H and O–H groups in total. The van der Waals surface area contributed by atoms with Crippen LogP contribution in [0.5, 0.6) is 0 Å². The second kappa shape index (κ2) is 10.7. The molecule has 0 spiro atoms. The van der Waals surface area contributed by atoms with Crippen molar-refractivity contribution < 1.29 is 38.4 Å². The average Bonchev–Trinajstić information content (AvgIpc) is 2.48. The normalized spacial score (nSPS) is 12.7. The molecule has 0 aromatic carbocycles. The van der Waals surface area contributed by atoms with E-state index in [-0.39, 0.29) is 26.4 Å². The van der Waals surface area contributed by atoms with E-state index in [2.05, 4.69) is 22.6 Å². The van der Waals surface area contributed by atoms with Crippen molar-refractivity contribution in [3.8, 4) is 0 Å². The molecule has 0 aliphatic carbocycles. The molecule has 21 heavy (non-hydrogen) atoms. The van der Waals surface area contributed by atoms with Crippen molar-refractivity contribution in [1.82, 2.24) is 0 Å². The lowest BCUT2D eigenvalue weighted by atomic mass is 9.92. The van der Waals surface area contributed by atoms with Crippen molar-refractivity contribution in [3.05, 3.63) is 25.5 Å². The zero-order valence-electron chi connectivity index (χ0n) is 11.9. The predicted molar refractivity (Wildman–Crippen MR) is 71.5 cm³/mol. The quantitative estimate of drug-likeness (QED) is 0.365. The summed E-state index contributed by atoms with van der Waals surface area (Å²) in [6.45, 7) is 5.57. The third kappa shape index (κ3) is 7.95. The largest absolute Gasteiger partial charge is 0.513 e. The minimum atomic E-state index is -1.12. The minimum absolute atomic E-state index is 0.00258. The van der Waals surface area contributed by atoms with Crippen LogP contribution in [0.4, 0.5) is 9.59 Å². The molecule has 8 heteroatoms. The lowest BCUT2D eigenvalue weighted by Crippen LogP contribution is -2.41. The number of hydrogen-bond acceptors (Lipinski definition) is 8. The minimum Gasteiger partial charge on any atom is -0.433 e. The van der Waals surface area contributed by atoms with E-state index < -0.39 is 24.3 Å². The van der Waals surface area contributed by atoms with Crippen LogP contribution in [-0.2, 0) is 23.7 Å².